The summed E-state index contributed by atoms with van der Waals surface area (Å²) in [5, 5.41) is 74.5. The van der Waals surface area contributed by atoms with Gasteiger partial charge in [0.25, 0.3) is 0 Å². The molecule has 41 heavy (non-hydrogen) atoms. The quantitative estimate of drug-likeness (QED) is 0.0505. The summed E-state index contributed by atoms with van der Waals surface area (Å²) in [6.45, 7) is 1.49. The van der Waals surface area contributed by atoms with E-state index in [1.807, 2.05) is 18.2 Å². The summed E-state index contributed by atoms with van der Waals surface area (Å²) in [6.07, 6.45) is 12.4. The van der Waals surface area contributed by atoms with Gasteiger partial charge in [-0.2, -0.15) is 0 Å². The summed E-state index contributed by atoms with van der Waals surface area (Å²) < 4.78 is 5.00. The maximum Gasteiger partial charge on any atom is 0.305 e. The van der Waals surface area contributed by atoms with Crippen molar-refractivity contribution >= 4 is 5.97 Å². The average molecular weight is 593 g/mol. The van der Waals surface area contributed by atoms with Gasteiger partial charge >= 0.3 is 5.97 Å². The molecule has 0 unspecified atom stereocenters. The van der Waals surface area contributed by atoms with Gasteiger partial charge in [0.05, 0.1) is 61.9 Å². The highest BCUT2D eigenvalue weighted by Crippen LogP contribution is 2.37. The molecule has 0 saturated heterocycles. The Labute approximate surface area is 244 Å². The van der Waals surface area contributed by atoms with E-state index < -0.39 is 67.9 Å². The van der Waals surface area contributed by atoms with Crippen LogP contribution in [0.15, 0.2) is 24.3 Å². The Kier molecular flexibility index (Phi) is 19.7. The van der Waals surface area contributed by atoms with Crippen LogP contribution in [-0.2, 0) is 9.53 Å². The van der Waals surface area contributed by atoms with Gasteiger partial charge in [-0.25, -0.2) is 0 Å². The first-order chi connectivity index (χ1) is 19.3. The van der Waals surface area contributed by atoms with Crippen molar-refractivity contribution in [2.45, 2.75) is 101 Å². The van der Waals surface area contributed by atoms with Crippen molar-refractivity contribution < 1.29 is 50.4 Å². The molecule has 0 bridgehead atoms. The number of rotatable bonds is 19. The van der Waals surface area contributed by atoms with E-state index in [0.717, 1.165) is 19.3 Å². The molecule has 12 nitrogen and oxygen atoms in total. The highest BCUT2D eigenvalue weighted by molar-refractivity contribution is 5.69. The highest BCUT2D eigenvalue weighted by atomic mass is 16.5. The molecule has 1 aliphatic rings. The second-order valence-electron chi connectivity index (χ2n) is 11.6. The topological polar surface area (TPSA) is 240 Å². The molecule has 0 heterocycles. The predicted octanol–water partition coefficient (Wildman–Crippen LogP) is -0.765. The molecular formula is C29H56N2O10. The van der Waals surface area contributed by atoms with E-state index in [2.05, 4.69) is 6.92 Å². The number of carbonyl (C=O) groups is 1. The number of aliphatic hydroxyl groups is 8. The van der Waals surface area contributed by atoms with E-state index in [-0.39, 0.29) is 24.9 Å². The summed E-state index contributed by atoms with van der Waals surface area (Å²) in [6, 6.07) is 0. The lowest BCUT2D eigenvalue weighted by atomic mass is 9.88. The van der Waals surface area contributed by atoms with Crippen molar-refractivity contribution in [3.05, 3.63) is 24.3 Å². The normalized spacial score (nSPS) is 23.0. The van der Waals surface area contributed by atoms with Crippen LogP contribution in [-0.4, -0.2) is 115 Å². The van der Waals surface area contributed by atoms with Crippen molar-refractivity contribution in [1.29, 1.82) is 0 Å². The predicted molar refractivity (Wildman–Crippen MR) is 155 cm³/mol. The van der Waals surface area contributed by atoms with Crippen LogP contribution in [0, 0.1) is 11.8 Å². The van der Waals surface area contributed by atoms with Crippen molar-refractivity contribution in [1.82, 2.24) is 0 Å². The number of hydrogen-bond donors (Lipinski definition) is 10. The number of unbranched alkanes of at least 4 members (excludes halogenated alkanes) is 3. The van der Waals surface area contributed by atoms with Gasteiger partial charge in [-0.05, 0) is 38.5 Å². The van der Waals surface area contributed by atoms with E-state index in [4.69, 9.17) is 41.7 Å². The Bertz CT molecular complexity index is 746. The Balaban J connectivity index is 0.00000173. The Morgan fingerprint density at radius 3 is 2.00 bits per heavy atom. The summed E-state index contributed by atoms with van der Waals surface area (Å²) in [5.74, 6) is -0.781. The molecule has 0 aromatic carbocycles. The van der Waals surface area contributed by atoms with Crippen molar-refractivity contribution in [3.63, 3.8) is 0 Å². The summed E-state index contributed by atoms with van der Waals surface area (Å²) in [4.78, 5) is 11.8. The van der Waals surface area contributed by atoms with Gasteiger partial charge in [0.1, 0.15) is 6.61 Å². The lowest BCUT2D eigenvalue weighted by Crippen LogP contribution is -2.51. The van der Waals surface area contributed by atoms with Crippen LogP contribution in [0.2, 0.25) is 0 Å². The number of aliphatic hydroxyl groups excluding tert-OH is 7. The number of allylic oxidation sites excluding steroid dienone is 2. The maximum absolute atomic E-state index is 11.8. The summed E-state index contributed by atoms with van der Waals surface area (Å²) in [7, 11) is 0. The second kappa shape index (κ2) is 20.5. The van der Waals surface area contributed by atoms with E-state index in [0.29, 0.717) is 32.1 Å². The average Bonchev–Trinajstić information content (AvgIpc) is 3.23. The van der Waals surface area contributed by atoms with Gasteiger partial charge < -0.3 is 57.1 Å². The number of esters is 1. The minimum Gasteiger partial charge on any atom is -0.464 e. The number of ether oxygens (including phenoxy) is 1. The van der Waals surface area contributed by atoms with Crippen molar-refractivity contribution in [2.75, 3.05) is 39.6 Å². The molecule has 0 amide bonds. The first kappa shape index (κ1) is 39.5. The Hall–Kier alpha value is -1.45. The van der Waals surface area contributed by atoms with Crippen LogP contribution in [0.5, 0.6) is 0 Å². The molecule has 5 atom stereocenters. The summed E-state index contributed by atoms with van der Waals surface area (Å²) >= 11 is 0. The van der Waals surface area contributed by atoms with Crippen LogP contribution in [0.4, 0.5) is 0 Å². The fourth-order valence-electron chi connectivity index (χ4n) is 4.16. The zero-order valence-electron chi connectivity index (χ0n) is 24.8. The fraction of sp³-hybridized carbons (Fsp3) is 0.828. The molecule has 1 saturated carbocycles. The van der Waals surface area contributed by atoms with Crippen LogP contribution >= 0.6 is 0 Å². The molecule has 1 rings (SSSR count). The number of nitrogens with two attached hydrogens (primary N) is 2. The molecule has 0 aromatic rings. The van der Waals surface area contributed by atoms with E-state index >= 15 is 0 Å². The molecule has 12 heteroatoms. The third-order valence-corrected chi connectivity index (χ3v) is 7.30. The van der Waals surface area contributed by atoms with E-state index in [1.54, 1.807) is 13.0 Å². The molecular weight excluding hydrogens is 536 g/mol. The third kappa shape index (κ3) is 16.1. The smallest absolute Gasteiger partial charge is 0.305 e. The molecule has 0 aliphatic heterocycles. The third-order valence-electron chi connectivity index (χ3n) is 7.30. The van der Waals surface area contributed by atoms with Crippen LogP contribution in [0.3, 0.4) is 0 Å². The monoisotopic (exact) mass is 592 g/mol. The van der Waals surface area contributed by atoms with Gasteiger partial charge in [-0.3, -0.25) is 4.79 Å². The molecule has 1 fully saturated rings. The first-order valence-electron chi connectivity index (χ1n) is 14.5. The van der Waals surface area contributed by atoms with Crippen LogP contribution < -0.4 is 11.5 Å². The molecule has 12 N–H and O–H groups in total. The number of hydrogen-bond acceptors (Lipinski definition) is 12. The highest BCUT2D eigenvalue weighted by Gasteiger charge is 2.39. The first-order valence-corrected chi connectivity index (χ1v) is 14.5. The van der Waals surface area contributed by atoms with Gasteiger partial charge in [0, 0.05) is 18.8 Å². The fourth-order valence-corrected chi connectivity index (χ4v) is 4.16. The molecule has 0 aromatic heterocycles. The zero-order chi connectivity index (χ0) is 31.5. The van der Waals surface area contributed by atoms with Crippen LogP contribution in [0.25, 0.3) is 0 Å². The number of carbonyl (C=O) groups excluding carboxylic acids is 1. The molecule has 1 aliphatic carbocycles. The minimum absolute atomic E-state index is 0.126. The largest absolute Gasteiger partial charge is 0.464 e. The second-order valence-corrected chi connectivity index (χ2v) is 11.6. The van der Waals surface area contributed by atoms with Gasteiger partial charge in [-0.15, -0.1) is 0 Å². The standard InChI is InChI=1S/C25H45NO7.C4H11NO3/c1-3-4-9-13-24(2,32)14-12-20-19(21(29)15-22(20)30)10-7-5-6-8-11-23(31)33-18-25(26,16-27)17-28;5-4(1-6,2-7)3-8/h5,7,12,14,19-22,27-30,32H,3-4,6,8-11,13,15-18,26H2,1-2H3;6-8H,1-3,5H2/b7-5-,14-12+;/t19-,20-,21+,22-,24+;/m1./s1. The van der Waals surface area contributed by atoms with Crippen LogP contribution in [0.1, 0.15) is 71.6 Å². The molecule has 0 radical (unpaired) electrons. The van der Waals surface area contributed by atoms with Gasteiger partial charge in [0.15, 0.2) is 0 Å². The van der Waals surface area contributed by atoms with E-state index in [1.165, 1.54) is 0 Å². The van der Waals surface area contributed by atoms with Crippen molar-refractivity contribution in [3.8, 4) is 0 Å². The summed E-state index contributed by atoms with van der Waals surface area (Å²) in [5.41, 5.74) is 7.35. The maximum atomic E-state index is 11.8. The van der Waals surface area contributed by atoms with Gasteiger partial charge in [-0.1, -0.05) is 50.5 Å². The molecule has 242 valence electrons. The zero-order valence-corrected chi connectivity index (χ0v) is 24.8. The molecule has 0 spiro atoms. The minimum atomic E-state index is -1.32. The van der Waals surface area contributed by atoms with Gasteiger partial charge in [0.2, 0.25) is 0 Å². The lowest BCUT2D eigenvalue weighted by Gasteiger charge is -2.23. The Morgan fingerprint density at radius 1 is 0.902 bits per heavy atom. The SMILES string of the molecule is CCCCC[C@](C)(O)/C=C/[C@@H]1[C@@H](C/C=C\CCCC(=O)OCC(N)(CO)CO)[C@@H](O)C[C@H]1O.NC(CO)(CO)CO. The Morgan fingerprint density at radius 2 is 1.49 bits per heavy atom. The van der Waals surface area contributed by atoms with E-state index in [9.17, 15) is 20.1 Å². The lowest BCUT2D eigenvalue weighted by molar-refractivity contribution is -0.146. The van der Waals surface area contributed by atoms with Crippen molar-refractivity contribution in [2.24, 2.45) is 23.3 Å².